The van der Waals surface area contributed by atoms with Crippen molar-refractivity contribution in [2.45, 2.75) is 36.9 Å². The van der Waals surface area contributed by atoms with E-state index in [1.807, 2.05) is 11.8 Å². The van der Waals surface area contributed by atoms with Crippen molar-refractivity contribution in [3.63, 3.8) is 0 Å². The number of thioether (sulfide) groups is 1. The lowest BCUT2D eigenvalue weighted by Crippen LogP contribution is -2.49. The molecule has 0 bridgehead atoms. The standard InChI is InChI=1S/C12H20O4S2/c13-12(3-6-18(14,15)9-12)10-1-4-16-11(7-10)2-5-17-8-11/h10,13H,1-9H2. The van der Waals surface area contributed by atoms with Gasteiger partial charge in [0.2, 0.25) is 0 Å². The quantitative estimate of drug-likeness (QED) is 0.776. The van der Waals surface area contributed by atoms with Gasteiger partial charge in [0.1, 0.15) is 0 Å². The highest BCUT2D eigenvalue weighted by Gasteiger charge is 2.51. The lowest BCUT2D eigenvalue weighted by Gasteiger charge is -2.43. The summed E-state index contributed by atoms with van der Waals surface area (Å²) in [5.41, 5.74) is -1.08. The zero-order valence-corrected chi connectivity index (χ0v) is 12.1. The molecule has 3 heterocycles. The molecule has 3 atom stereocenters. The van der Waals surface area contributed by atoms with E-state index < -0.39 is 15.4 Å². The Labute approximate surface area is 112 Å². The Bertz CT molecular complexity index is 427. The molecule has 3 aliphatic rings. The van der Waals surface area contributed by atoms with Gasteiger partial charge in [-0.05, 0) is 37.4 Å². The summed E-state index contributed by atoms with van der Waals surface area (Å²) in [7, 11) is -3.03. The van der Waals surface area contributed by atoms with E-state index >= 15 is 0 Å². The second-order valence-electron chi connectivity index (χ2n) is 5.97. The summed E-state index contributed by atoms with van der Waals surface area (Å²) < 4.78 is 29.1. The minimum absolute atomic E-state index is 0.0477. The molecule has 3 aliphatic heterocycles. The highest BCUT2D eigenvalue weighted by Crippen LogP contribution is 2.45. The van der Waals surface area contributed by atoms with E-state index in [2.05, 4.69) is 0 Å². The molecule has 3 unspecified atom stereocenters. The summed E-state index contributed by atoms with van der Waals surface area (Å²) in [6.45, 7) is 0.660. The van der Waals surface area contributed by atoms with Gasteiger partial charge in [-0.15, -0.1) is 0 Å². The van der Waals surface area contributed by atoms with Crippen LogP contribution in [0.15, 0.2) is 0 Å². The van der Waals surface area contributed by atoms with E-state index in [4.69, 9.17) is 4.74 Å². The number of hydrogen-bond acceptors (Lipinski definition) is 5. The van der Waals surface area contributed by atoms with Crippen LogP contribution in [0.4, 0.5) is 0 Å². The first-order valence-electron chi connectivity index (χ1n) is 6.58. The first kappa shape index (κ1) is 13.2. The highest BCUT2D eigenvalue weighted by atomic mass is 32.2. The van der Waals surface area contributed by atoms with Crippen LogP contribution in [-0.4, -0.2) is 54.3 Å². The third-order valence-corrected chi connectivity index (χ3v) is 7.62. The number of sulfone groups is 1. The molecular weight excluding hydrogens is 272 g/mol. The fraction of sp³-hybridized carbons (Fsp3) is 1.00. The van der Waals surface area contributed by atoms with Gasteiger partial charge in [0, 0.05) is 12.4 Å². The predicted molar refractivity (Wildman–Crippen MR) is 71.6 cm³/mol. The van der Waals surface area contributed by atoms with E-state index in [0.717, 1.165) is 30.8 Å². The molecule has 3 fully saturated rings. The lowest BCUT2D eigenvalue weighted by atomic mass is 9.75. The van der Waals surface area contributed by atoms with Crippen molar-refractivity contribution in [3.8, 4) is 0 Å². The summed E-state index contributed by atoms with van der Waals surface area (Å²) in [5.74, 6) is 2.29. The normalized spacial score (nSPS) is 47.7. The fourth-order valence-electron chi connectivity index (χ4n) is 3.53. The molecule has 0 aromatic rings. The van der Waals surface area contributed by atoms with Gasteiger partial charge in [-0.1, -0.05) is 0 Å². The maximum Gasteiger partial charge on any atom is 0.153 e. The molecule has 0 saturated carbocycles. The second-order valence-corrected chi connectivity index (χ2v) is 9.26. The Kier molecular flexibility index (Phi) is 3.20. The smallest absolute Gasteiger partial charge is 0.153 e. The number of aliphatic hydroxyl groups is 1. The fourth-order valence-corrected chi connectivity index (χ4v) is 6.86. The second kappa shape index (κ2) is 4.36. The van der Waals surface area contributed by atoms with Crippen LogP contribution in [0.2, 0.25) is 0 Å². The number of hydrogen-bond donors (Lipinski definition) is 1. The third-order valence-electron chi connectivity index (χ3n) is 4.64. The third kappa shape index (κ3) is 2.32. The van der Waals surface area contributed by atoms with Gasteiger partial charge in [0.05, 0.1) is 22.7 Å². The molecule has 0 amide bonds. The summed E-state index contributed by atoms with van der Waals surface area (Å²) in [5, 5.41) is 10.7. The maximum atomic E-state index is 11.6. The minimum atomic E-state index is -3.03. The van der Waals surface area contributed by atoms with E-state index in [1.54, 1.807) is 0 Å². The van der Waals surface area contributed by atoms with Crippen LogP contribution in [0.3, 0.4) is 0 Å². The molecule has 0 radical (unpaired) electrons. The molecule has 1 N–H and O–H groups in total. The van der Waals surface area contributed by atoms with Crippen molar-refractivity contribution >= 4 is 21.6 Å². The molecule has 3 rings (SSSR count). The van der Waals surface area contributed by atoms with Gasteiger partial charge in [0.15, 0.2) is 9.84 Å². The summed E-state index contributed by atoms with van der Waals surface area (Å²) >= 11 is 1.90. The zero-order valence-electron chi connectivity index (χ0n) is 10.4. The monoisotopic (exact) mass is 292 g/mol. The van der Waals surface area contributed by atoms with Gasteiger partial charge < -0.3 is 9.84 Å². The largest absolute Gasteiger partial charge is 0.389 e. The Hall–Kier alpha value is 0.220. The molecular formula is C12H20O4S2. The minimum Gasteiger partial charge on any atom is -0.389 e. The molecule has 6 heteroatoms. The summed E-state index contributed by atoms with van der Waals surface area (Å²) in [6.07, 6.45) is 3.06. The lowest BCUT2D eigenvalue weighted by molar-refractivity contribution is -0.124. The molecule has 1 spiro atoms. The predicted octanol–water partition coefficient (Wildman–Crippen LogP) is 0.838. The number of rotatable bonds is 1. The van der Waals surface area contributed by atoms with Crippen LogP contribution in [0.1, 0.15) is 25.7 Å². The van der Waals surface area contributed by atoms with E-state index in [-0.39, 0.29) is 23.0 Å². The first-order chi connectivity index (χ1) is 8.43. The van der Waals surface area contributed by atoms with Crippen molar-refractivity contribution in [1.29, 1.82) is 0 Å². The molecule has 0 aromatic carbocycles. The SMILES string of the molecule is O=S1(=O)CCC(O)(C2CCOC3(CCSC3)C2)C1. The van der Waals surface area contributed by atoms with Crippen LogP contribution >= 0.6 is 11.8 Å². The van der Waals surface area contributed by atoms with Crippen LogP contribution in [0, 0.1) is 5.92 Å². The van der Waals surface area contributed by atoms with Crippen LogP contribution < -0.4 is 0 Å². The van der Waals surface area contributed by atoms with Crippen molar-refractivity contribution in [2.75, 3.05) is 29.6 Å². The van der Waals surface area contributed by atoms with E-state index in [9.17, 15) is 13.5 Å². The van der Waals surface area contributed by atoms with Crippen molar-refractivity contribution in [3.05, 3.63) is 0 Å². The molecule has 3 saturated heterocycles. The van der Waals surface area contributed by atoms with Crippen LogP contribution in [-0.2, 0) is 14.6 Å². The van der Waals surface area contributed by atoms with Gasteiger partial charge in [-0.25, -0.2) is 8.42 Å². The summed E-state index contributed by atoms with van der Waals surface area (Å²) in [4.78, 5) is 0. The van der Waals surface area contributed by atoms with Crippen LogP contribution in [0.5, 0.6) is 0 Å². The summed E-state index contributed by atoms with van der Waals surface area (Å²) in [6, 6.07) is 0. The average Bonchev–Trinajstić information content (AvgIpc) is 2.85. The van der Waals surface area contributed by atoms with Gasteiger partial charge in [-0.2, -0.15) is 11.8 Å². The molecule has 18 heavy (non-hydrogen) atoms. The van der Waals surface area contributed by atoms with E-state index in [0.29, 0.717) is 13.0 Å². The van der Waals surface area contributed by atoms with Crippen molar-refractivity contribution in [1.82, 2.24) is 0 Å². The average molecular weight is 292 g/mol. The maximum absolute atomic E-state index is 11.6. The Morgan fingerprint density at radius 3 is 2.78 bits per heavy atom. The first-order valence-corrected chi connectivity index (χ1v) is 9.55. The number of ether oxygens (including phenoxy) is 1. The Balaban J connectivity index is 1.76. The molecule has 0 aliphatic carbocycles. The van der Waals surface area contributed by atoms with Crippen molar-refractivity contribution < 1.29 is 18.3 Å². The molecule has 4 nitrogen and oxygen atoms in total. The van der Waals surface area contributed by atoms with Gasteiger partial charge in [0.25, 0.3) is 0 Å². The highest BCUT2D eigenvalue weighted by molar-refractivity contribution is 7.99. The topological polar surface area (TPSA) is 63.6 Å². The van der Waals surface area contributed by atoms with Crippen LogP contribution in [0.25, 0.3) is 0 Å². The molecule has 0 aromatic heterocycles. The Morgan fingerprint density at radius 2 is 2.17 bits per heavy atom. The van der Waals surface area contributed by atoms with Gasteiger partial charge >= 0.3 is 0 Å². The Morgan fingerprint density at radius 1 is 1.33 bits per heavy atom. The molecule has 104 valence electrons. The van der Waals surface area contributed by atoms with E-state index in [1.165, 1.54) is 0 Å². The van der Waals surface area contributed by atoms with Gasteiger partial charge in [-0.3, -0.25) is 0 Å². The van der Waals surface area contributed by atoms with Crippen molar-refractivity contribution in [2.24, 2.45) is 5.92 Å². The zero-order chi connectivity index (χ0) is 12.9.